The van der Waals surface area contributed by atoms with Crippen molar-refractivity contribution in [2.45, 2.75) is 11.4 Å². The van der Waals surface area contributed by atoms with Crippen molar-refractivity contribution in [2.24, 2.45) is 5.16 Å². The van der Waals surface area contributed by atoms with Gasteiger partial charge >= 0.3 is 0 Å². The van der Waals surface area contributed by atoms with Crippen molar-refractivity contribution in [3.63, 3.8) is 0 Å². The molecular formula is C15H16N5O6S2-. The number of carboxylic acid groups (broad SMARTS) is 1. The maximum absolute atomic E-state index is 12.6. The van der Waals surface area contributed by atoms with Crippen LogP contribution in [0.1, 0.15) is 5.69 Å². The van der Waals surface area contributed by atoms with Crippen LogP contribution in [-0.2, 0) is 24.0 Å². The highest BCUT2D eigenvalue weighted by molar-refractivity contribution is 8.00. The van der Waals surface area contributed by atoms with E-state index in [1.807, 2.05) is 0 Å². The van der Waals surface area contributed by atoms with Crippen LogP contribution in [0, 0.1) is 0 Å². The van der Waals surface area contributed by atoms with Crippen LogP contribution in [0.3, 0.4) is 0 Å². The number of nitrogens with one attached hydrogen (secondary N) is 1. The van der Waals surface area contributed by atoms with E-state index in [0.29, 0.717) is 11.3 Å². The number of carbonyl (C=O) groups is 3. The van der Waals surface area contributed by atoms with Crippen LogP contribution >= 0.6 is 23.1 Å². The zero-order valence-corrected chi connectivity index (χ0v) is 16.5. The van der Waals surface area contributed by atoms with Crippen molar-refractivity contribution in [1.82, 2.24) is 15.2 Å². The molecule has 13 heteroatoms. The predicted molar refractivity (Wildman–Crippen MR) is 99.0 cm³/mol. The van der Waals surface area contributed by atoms with Gasteiger partial charge in [0.25, 0.3) is 11.8 Å². The van der Waals surface area contributed by atoms with Gasteiger partial charge in [0.2, 0.25) is 0 Å². The Labute approximate surface area is 167 Å². The molecule has 28 heavy (non-hydrogen) atoms. The van der Waals surface area contributed by atoms with Crippen LogP contribution in [0.5, 0.6) is 0 Å². The number of hydrogen-bond acceptors (Lipinski definition) is 11. The molecule has 0 aromatic carbocycles. The summed E-state index contributed by atoms with van der Waals surface area (Å²) in [5, 5.41) is 18.9. The molecular weight excluding hydrogens is 410 g/mol. The summed E-state index contributed by atoms with van der Waals surface area (Å²) in [6.45, 7) is 0.0692. The van der Waals surface area contributed by atoms with Gasteiger partial charge in [0.15, 0.2) is 10.8 Å². The number of hydrogen-bond donors (Lipinski definition) is 2. The average molecular weight is 426 g/mol. The van der Waals surface area contributed by atoms with Gasteiger partial charge < -0.3 is 30.5 Å². The predicted octanol–water partition coefficient (Wildman–Crippen LogP) is -1.87. The summed E-state index contributed by atoms with van der Waals surface area (Å²) in [7, 11) is 2.70. The normalized spacial score (nSPS) is 21.9. The van der Waals surface area contributed by atoms with E-state index in [2.05, 4.69) is 20.3 Å². The molecule has 2 aliphatic rings. The first kappa shape index (κ1) is 20.1. The minimum atomic E-state index is -1.46. The van der Waals surface area contributed by atoms with Gasteiger partial charge in [0, 0.05) is 18.2 Å². The minimum Gasteiger partial charge on any atom is -0.543 e. The number of thioether (sulfide) groups is 1. The minimum absolute atomic E-state index is 0.0692. The highest BCUT2D eigenvalue weighted by atomic mass is 32.2. The van der Waals surface area contributed by atoms with E-state index in [-0.39, 0.29) is 28.8 Å². The lowest BCUT2D eigenvalue weighted by Gasteiger charge is -2.50. The summed E-state index contributed by atoms with van der Waals surface area (Å²) >= 11 is 2.44. The molecule has 2 amide bonds. The van der Waals surface area contributed by atoms with Gasteiger partial charge in [-0.15, -0.1) is 23.1 Å². The molecule has 0 bridgehead atoms. The van der Waals surface area contributed by atoms with Gasteiger partial charge in [0.1, 0.15) is 24.2 Å². The summed E-state index contributed by atoms with van der Waals surface area (Å²) in [4.78, 5) is 46.4. The topological polar surface area (TPSA) is 159 Å². The second kappa shape index (κ2) is 8.16. The van der Waals surface area contributed by atoms with Crippen LogP contribution in [0.25, 0.3) is 0 Å². The maximum atomic E-state index is 12.6. The second-order valence-electron chi connectivity index (χ2n) is 5.73. The highest BCUT2D eigenvalue weighted by Crippen LogP contribution is 2.40. The number of thiazole rings is 1. The van der Waals surface area contributed by atoms with E-state index in [1.54, 1.807) is 0 Å². The quantitative estimate of drug-likeness (QED) is 0.289. The number of methoxy groups -OCH3 is 1. The van der Waals surface area contributed by atoms with Gasteiger partial charge in [-0.05, 0) is 5.57 Å². The molecule has 11 nitrogen and oxygen atoms in total. The Morgan fingerprint density at radius 1 is 1.50 bits per heavy atom. The molecule has 0 saturated carbocycles. The molecule has 0 radical (unpaired) electrons. The first-order valence-electron chi connectivity index (χ1n) is 7.89. The summed E-state index contributed by atoms with van der Waals surface area (Å²) in [6.07, 6.45) is 0. The lowest BCUT2D eigenvalue weighted by atomic mass is 10.0. The number of fused-ring (bicyclic) bond motifs is 1. The van der Waals surface area contributed by atoms with Crippen LogP contribution in [-0.4, -0.2) is 71.4 Å². The number of aromatic nitrogens is 1. The molecule has 3 rings (SSSR count). The first-order valence-corrected chi connectivity index (χ1v) is 9.82. The van der Waals surface area contributed by atoms with E-state index in [4.69, 9.17) is 10.5 Å². The Hall–Kier alpha value is -2.64. The van der Waals surface area contributed by atoms with Gasteiger partial charge in [-0.1, -0.05) is 5.16 Å². The molecule has 1 saturated heterocycles. The fourth-order valence-electron chi connectivity index (χ4n) is 2.86. The van der Waals surface area contributed by atoms with Crippen LogP contribution in [0.15, 0.2) is 21.8 Å². The molecule has 3 N–H and O–H groups in total. The average Bonchev–Trinajstić information content (AvgIpc) is 3.09. The van der Waals surface area contributed by atoms with Crippen molar-refractivity contribution in [1.29, 1.82) is 0 Å². The summed E-state index contributed by atoms with van der Waals surface area (Å²) in [5.41, 5.74) is 5.88. The Morgan fingerprint density at radius 3 is 2.82 bits per heavy atom. The van der Waals surface area contributed by atoms with Gasteiger partial charge in [-0.3, -0.25) is 14.5 Å². The fourth-order valence-corrected chi connectivity index (χ4v) is 4.73. The van der Waals surface area contributed by atoms with E-state index in [9.17, 15) is 19.5 Å². The third-order valence-electron chi connectivity index (χ3n) is 4.01. The summed E-state index contributed by atoms with van der Waals surface area (Å²) < 4.78 is 4.99. The van der Waals surface area contributed by atoms with Gasteiger partial charge in [-0.2, -0.15) is 0 Å². The maximum Gasteiger partial charge on any atom is 0.276 e. The zero-order valence-electron chi connectivity index (χ0n) is 14.8. The van der Waals surface area contributed by atoms with E-state index >= 15 is 0 Å². The number of nitrogen functional groups attached to an aromatic ring is 1. The number of oxime groups is 1. The third kappa shape index (κ3) is 3.55. The SMILES string of the molecule is COCC1=C(C(=O)[O-])N2C(=O)C(NC(=O)/C(=N\OC)c3csc(N)n3)C2SC1. The third-order valence-corrected chi connectivity index (χ3v) is 6.02. The Kier molecular flexibility index (Phi) is 5.86. The van der Waals surface area contributed by atoms with Crippen molar-refractivity contribution in [3.8, 4) is 0 Å². The number of rotatable bonds is 7. The molecule has 1 aromatic rings. The molecule has 1 aromatic heterocycles. The second-order valence-corrected chi connectivity index (χ2v) is 7.72. The van der Waals surface area contributed by atoms with Crippen LogP contribution < -0.4 is 16.2 Å². The molecule has 150 valence electrons. The van der Waals surface area contributed by atoms with E-state index in [0.717, 1.165) is 16.2 Å². The number of carboxylic acids is 1. The Morgan fingerprint density at radius 2 is 2.25 bits per heavy atom. The van der Waals surface area contributed by atoms with Gasteiger partial charge in [-0.25, -0.2) is 4.98 Å². The van der Waals surface area contributed by atoms with Crippen LogP contribution in [0.4, 0.5) is 5.13 Å². The lowest BCUT2D eigenvalue weighted by molar-refractivity contribution is -0.301. The Bertz CT molecular complexity index is 882. The molecule has 0 aliphatic carbocycles. The van der Waals surface area contributed by atoms with E-state index < -0.39 is 29.2 Å². The number of anilines is 1. The van der Waals surface area contributed by atoms with Crippen molar-refractivity contribution in [3.05, 3.63) is 22.3 Å². The fraction of sp³-hybridized carbons (Fsp3) is 0.400. The number of carbonyl (C=O) groups excluding carboxylic acids is 3. The van der Waals surface area contributed by atoms with Crippen LogP contribution in [0.2, 0.25) is 0 Å². The number of amides is 2. The van der Waals surface area contributed by atoms with E-state index in [1.165, 1.54) is 31.4 Å². The molecule has 1 fully saturated rings. The van der Waals surface area contributed by atoms with Crippen molar-refractivity contribution in [2.75, 3.05) is 32.3 Å². The molecule has 3 heterocycles. The smallest absolute Gasteiger partial charge is 0.276 e. The molecule has 0 spiro atoms. The standard InChI is InChI=1S/C15H17N5O6S2/c1-25-3-6-4-27-13-9(12(22)20(13)10(6)14(23)24)18-11(21)8(19-26-2)7-5-28-15(16)17-7/h5,9,13H,3-4H2,1-2H3,(H2,16,17)(H,18,21)(H,23,24)/p-1/b19-8-. The number of β-lactam (4-membered cyclic amide) rings is 1. The number of nitrogens with zero attached hydrogens (tertiary/aromatic N) is 3. The summed E-state index contributed by atoms with van der Waals surface area (Å²) in [5.74, 6) is -2.38. The number of ether oxygens (including phenoxy) is 1. The zero-order chi connectivity index (χ0) is 20.4. The first-order chi connectivity index (χ1) is 13.4. The largest absolute Gasteiger partial charge is 0.543 e. The van der Waals surface area contributed by atoms with Crippen molar-refractivity contribution < 1.29 is 29.1 Å². The van der Waals surface area contributed by atoms with Crippen molar-refractivity contribution >= 4 is 51.7 Å². The molecule has 2 aliphatic heterocycles. The Balaban J connectivity index is 1.78. The molecule has 2 unspecified atom stereocenters. The highest BCUT2D eigenvalue weighted by Gasteiger charge is 2.53. The monoisotopic (exact) mass is 426 g/mol. The van der Waals surface area contributed by atoms with Gasteiger partial charge in [0.05, 0.1) is 18.3 Å². The summed E-state index contributed by atoms with van der Waals surface area (Å²) in [6, 6.07) is -0.922. The number of nitrogens with two attached hydrogens (primary N) is 1. The number of aliphatic carboxylic acids is 1. The molecule has 2 atom stereocenters. The lowest BCUT2D eigenvalue weighted by Crippen LogP contribution is -2.71.